The summed E-state index contributed by atoms with van der Waals surface area (Å²) in [7, 11) is 1.86. The lowest BCUT2D eigenvalue weighted by Crippen LogP contribution is -2.43. The van der Waals surface area contributed by atoms with Crippen LogP contribution in [-0.4, -0.2) is 59.9 Å². The van der Waals surface area contributed by atoms with E-state index in [0.717, 1.165) is 50.1 Å². The molecule has 0 spiro atoms. The van der Waals surface area contributed by atoms with E-state index in [2.05, 4.69) is 4.90 Å². The Bertz CT molecular complexity index is 674. The minimum absolute atomic E-state index is 0.111. The molecule has 3 heterocycles. The summed E-state index contributed by atoms with van der Waals surface area (Å²) >= 11 is 0. The smallest absolute Gasteiger partial charge is 0.320 e. The molecule has 0 unspecified atom stereocenters. The molecule has 1 aromatic rings. The highest BCUT2D eigenvalue weighted by Crippen LogP contribution is 2.34. The van der Waals surface area contributed by atoms with Crippen LogP contribution in [0, 0.1) is 11.8 Å². The first-order valence-corrected chi connectivity index (χ1v) is 11.0. The number of nitrogens with zero attached hydrogens (tertiary/aromatic N) is 3. The van der Waals surface area contributed by atoms with Gasteiger partial charge in [0.1, 0.15) is 0 Å². The monoisotopic (exact) mass is 383 g/mol. The van der Waals surface area contributed by atoms with Gasteiger partial charge in [0.25, 0.3) is 5.91 Å². The zero-order chi connectivity index (χ0) is 19.5. The van der Waals surface area contributed by atoms with Gasteiger partial charge in [-0.1, -0.05) is 12.1 Å². The van der Waals surface area contributed by atoms with Crippen LogP contribution in [0.1, 0.15) is 60.9 Å². The van der Waals surface area contributed by atoms with Gasteiger partial charge < -0.3 is 14.7 Å². The molecule has 5 heteroatoms. The van der Waals surface area contributed by atoms with E-state index in [1.165, 1.54) is 32.1 Å². The summed E-state index contributed by atoms with van der Waals surface area (Å²) in [6.45, 7) is 4.16. The molecule has 152 valence electrons. The lowest BCUT2D eigenvalue weighted by molar-refractivity contribution is 0.0739. The third-order valence-corrected chi connectivity index (χ3v) is 6.78. The number of rotatable bonds is 3. The zero-order valence-corrected chi connectivity index (χ0v) is 17.1. The van der Waals surface area contributed by atoms with Crippen LogP contribution in [0.5, 0.6) is 0 Å². The number of likely N-dealkylation sites (tertiary alicyclic amines) is 1. The Morgan fingerprint density at radius 2 is 1.46 bits per heavy atom. The summed E-state index contributed by atoms with van der Waals surface area (Å²) in [6, 6.07) is 7.98. The first-order valence-electron chi connectivity index (χ1n) is 11.0. The summed E-state index contributed by atoms with van der Waals surface area (Å²) in [5.74, 6) is 1.55. The van der Waals surface area contributed by atoms with Gasteiger partial charge in [0.15, 0.2) is 0 Å². The Morgan fingerprint density at radius 3 is 2.04 bits per heavy atom. The van der Waals surface area contributed by atoms with Crippen LogP contribution < -0.4 is 0 Å². The van der Waals surface area contributed by atoms with Gasteiger partial charge in [-0.15, -0.1) is 0 Å². The van der Waals surface area contributed by atoms with Crippen molar-refractivity contribution in [1.82, 2.24) is 14.7 Å². The molecule has 4 aliphatic rings. The molecule has 0 aromatic heterocycles. The maximum absolute atomic E-state index is 13.0. The van der Waals surface area contributed by atoms with Crippen molar-refractivity contribution >= 4 is 11.9 Å². The Hall–Kier alpha value is -2.04. The van der Waals surface area contributed by atoms with Gasteiger partial charge in [-0.05, 0) is 74.5 Å². The quantitative estimate of drug-likeness (QED) is 0.792. The van der Waals surface area contributed by atoms with E-state index in [9.17, 15) is 9.59 Å². The molecule has 0 atom stereocenters. The predicted molar refractivity (Wildman–Crippen MR) is 110 cm³/mol. The highest BCUT2D eigenvalue weighted by Gasteiger charge is 2.31. The maximum atomic E-state index is 13.0. The van der Waals surface area contributed by atoms with Crippen molar-refractivity contribution < 1.29 is 9.59 Å². The van der Waals surface area contributed by atoms with Crippen LogP contribution in [-0.2, 0) is 6.54 Å². The van der Waals surface area contributed by atoms with E-state index in [1.54, 1.807) is 4.90 Å². The van der Waals surface area contributed by atoms with Crippen LogP contribution in [0.2, 0.25) is 0 Å². The summed E-state index contributed by atoms with van der Waals surface area (Å²) in [5.41, 5.74) is 1.84. The molecule has 28 heavy (non-hydrogen) atoms. The van der Waals surface area contributed by atoms with Gasteiger partial charge in [0, 0.05) is 45.3 Å². The molecule has 3 aliphatic heterocycles. The highest BCUT2D eigenvalue weighted by atomic mass is 16.2. The van der Waals surface area contributed by atoms with E-state index in [1.807, 2.05) is 36.2 Å². The van der Waals surface area contributed by atoms with E-state index in [4.69, 9.17) is 0 Å². The van der Waals surface area contributed by atoms with Crippen LogP contribution in [0.25, 0.3) is 0 Å². The minimum Gasteiger partial charge on any atom is -0.338 e. The topological polar surface area (TPSA) is 43.9 Å². The third-order valence-electron chi connectivity index (χ3n) is 6.78. The number of carbonyl (C=O) groups excluding carboxylic acids is 2. The second-order valence-electron chi connectivity index (χ2n) is 8.98. The average Bonchev–Trinajstić information content (AvgIpc) is 3.08. The Balaban J connectivity index is 1.35. The van der Waals surface area contributed by atoms with Crippen LogP contribution in [0.15, 0.2) is 24.3 Å². The summed E-state index contributed by atoms with van der Waals surface area (Å²) < 4.78 is 0. The summed E-state index contributed by atoms with van der Waals surface area (Å²) in [5, 5.41) is 0. The molecular formula is C23H33N3O2. The highest BCUT2D eigenvalue weighted by molar-refractivity contribution is 5.94. The van der Waals surface area contributed by atoms with E-state index in [-0.39, 0.29) is 11.9 Å². The van der Waals surface area contributed by atoms with E-state index >= 15 is 0 Å². The Labute approximate surface area is 168 Å². The van der Waals surface area contributed by atoms with Gasteiger partial charge in [-0.2, -0.15) is 0 Å². The van der Waals surface area contributed by atoms with Gasteiger partial charge in [-0.3, -0.25) is 4.79 Å². The fourth-order valence-corrected chi connectivity index (χ4v) is 5.06. The average molecular weight is 384 g/mol. The zero-order valence-electron chi connectivity index (χ0n) is 17.1. The molecule has 4 fully saturated rings. The first-order chi connectivity index (χ1) is 13.6. The van der Waals surface area contributed by atoms with Crippen molar-refractivity contribution in [2.45, 2.75) is 51.5 Å². The van der Waals surface area contributed by atoms with Crippen LogP contribution >= 0.6 is 0 Å². The molecule has 5 nitrogen and oxygen atoms in total. The fraction of sp³-hybridized carbons (Fsp3) is 0.652. The first kappa shape index (κ1) is 19.3. The Morgan fingerprint density at radius 1 is 0.893 bits per heavy atom. The number of piperidine rings is 1. The lowest BCUT2D eigenvalue weighted by atomic mass is 9.84. The Kier molecular flexibility index (Phi) is 5.88. The number of hydrogen-bond acceptors (Lipinski definition) is 2. The van der Waals surface area contributed by atoms with Gasteiger partial charge in [0.05, 0.1) is 0 Å². The van der Waals surface area contributed by atoms with Gasteiger partial charge in [-0.25, -0.2) is 4.79 Å². The van der Waals surface area contributed by atoms with Crippen molar-refractivity contribution in [3.8, 4) is 0 Å². The number of urea groups is 1. The lowest BCUT2D eigenvalue weighted by Gasteiger charge is -2.31. The van der Waals surface area contributed by atoms with Gasteiger partial charge >= 0.3 is 6.03 Å². The SMILES string of the molecule is CN(Cc1ccc(C(=O)N2CC3CCC(CC3)C2)cc1)C(=O)N1CCCCC1. The molecule has 0 radical (unpaired) electrons. The number of fused-ring (bicyclic) bond motifs is 4. The summed E-state index contributed by atoms with van der Waals surface area (Å²) in [4.78, 5) is 31.4. The number of amides is 3. The van der Waals surface area contributed by atoms with E-state index < -0.39 is 0 Å². The van der Waals surface area contributed by atoms with Crippen molar-refractivity contribution in [3.63, 3.8) is 0 Å². The van der Waals surface area contributed by atoms with Crippen molar-refractivity contribution in [2.75, 3.05) is 33.2 Å². The largest absolute Gasteiger partial charge is 0.338 e. The molecule has 1 saturated carbocycles. The van der Waals surface area contributed by atoms with Crippen molar-refractivity contribution in [2.24, 2.45) is 11.8 Å². The predicted octanol–water partition coefficient (Wildman–Crippen LogP) is 3.99. The molecule has 5 rings (SSSR count). The fourth-order valence-electron chi connectivity index (χ4n) is 5.06. The van der Waals surface area contributed by atoms with Gasteiger partial charge in [0.2, 0.25) is 0 Å². The van der Waals surface area contributed by atoms with E-state index in [0.29, 0.717) is 18.4 Å². The molecule has 0 N–H and O–H groups in total. The van der Waals surface area contributed by atoms with Crippen LogP contribution in [0.3, 0.4) is 0 Å². The second-order valence-corrected chi connectivity index (χ2v) is 8.98. The van der Waals surface area contributed by atoms with Crippen molar-refractivity contribution in [1.29, 1.82) is 0 Å². The standard InChI is InChI=1S/C23H33N3O2/c1-24(23(28)25-13-3-2-4-14-25)15-18-9-11-21(12-10-18)22(27)26-16-19-5-6-20(17-26)8-7-19/h9-12,19-20H,2-8,13-17H2,1H3. The molecule has 3 saturated heterocycles. The molecule has 3 amide bonds. The summed E-state index contributed by atoms with van der Waals surface area (Å²) in [6.07, 6.45) is 8.57. The normalized spacial score (nSPS) is 24.8. The molecule has 1 aliphatic carbocycles. The maximum Gasteiger partial charge on any atom is 0.320 e. The van der Waals surface area contributed by atoms with Crippen molar-refractivity contribution in [3.05, 3.63) is 35.4 Å². The van der Waals surface area contributed by atoms with Crippen LogP contribution in [0.4, 0.5) is 4.79 Å². The molecular weight excluding hydrogens is 350 g/mol. The molecule has 2 bridgehead atoms. The minimum atomic E-state index is 0.111. The number of benzene rings is 1. The second kappa shape index (κ2) is 8.54. The number of hydrogen-bond donors (Lipinski definition) is 0. The molecule has 1 aromatic carbocycles. The number of carbonyl (C=O) groups is 2. The third kappa shape index (κ3) is 4.34.